The number of hydrazine groups is 1. The molecule has 0 fully saturated rings. The molecule has 0 aliphatic rings. The van der Waals surface area contributed by atoms with Crippen LogP contribution in [-0.4, -0.2) is 35.6 Å². The zero-order valence-electron chi connectivity index (χ0n) is 14.4. The molecule has 0 unspecified atom stereocenters. The molecule has 0 saturated carbocycles. The highest BCUT2D eigenvalue weighted by Gasteiger charge is 2.05. The molecule has 0 saturated heterocycles. The molecule has 138 valence electrons. The molecule has 0 bridgehead atoms. The lowest BCUT2D eigenvalue weighted by atomic mass is 10.2. The van der Waals surface area contributed by atoms with Crippen molar-refractivity contribution in [3.63, 3.8) is 0 Å². The number of hydrogen-bond acceptors (Lipinski definition) is 7. The zero-order chi connectivity index (χ0) is 18.6. The van der Waals surface area contributed by atoms with Crippen LogP contribution >= 0.6 is 0 Å². The summed E-state index contributed by atoms with van der Waals surface area (Å²) in [6.07, 6.45) is 1.67. The summed E-state index contributed by atoms with van der Waals surface area (Å²) in [5, 5.41) is 2.59. The molecule has 0 aliphatic heterocycles. The molecule has 26 heavy (non-hydrogen) atoms. The topological polar surface area (TPSA) is 114 Å². The summed E-state index contributed by atoms with van der Waals surface area (Å²) < 4.78 is 10.0. The van der Waals surface area contributed by atoms with Gasteiger partial charge in [-0.15, -0.1) is 0 Å². The molecule has 1 aromatic heterocycles. The van der Waals surface area contributed by atoms with Gasteiger partial charge in [-0.25, -0.2) is 9.78 Å². The van der Waals surface area contributed by atoms with Gasteiger partial charge in [0, 0.05) is 25.2 Å². The van der Waals surface area contributed by atoms with E-state index in [4.69, 9.17) is 9.47 Å². The predicted octanol–water partition coefficient (Wildman–Crippen LogP) is 1.63. The average molecular weight is 359 g/mol. The van der Waals surface area contributed by atoms with Crippen molar-refractivity contribution in [2.45, 2.75) is 19.4 Å². The van der Waals surface area contributed by atoms with Gasteiger partial charge in [-0.3, -0.25) is 15.6 Å². The van der Waals surface area contributed by atoms with Crippen LogP contribution in [0.3, 0.4) is 0 Å². The summed E-state index contributed by atoms with van der Waals surface area (Å²) in [5.41, 5.74) is 5.98. The molecule has 1 heterocycles. The molecular formula is C17H21N5O4. The van der Waals surface area contributed by atoms with E-state index in [1.165, 1.54) is 13.3 Å². The lowest BCUT2D eigenvalue weighted by molar-refractivity contribution is -0.120. The number of methoxy groups -OCH3 is 1. The molecule has 2 rings (SSSR count). The van der Waals surface area contributed by atoms with Gasteiger partial charge in [0.05, 0.1) is 7.11 Å². The molecule has 0 aliphatic carbocycles. The molecule has 0 spiro atoms. The Bertz CT molecular complexity index is 711. The standard InChI is InChI=1S/C17H21N5O4/c1-25-15-9-11-18-16(20-15)22-21-14(23)8-5-10-19-17(24)26-12-13-6-3-2-4-7-13/h2-4,6-7,9,11H,5,8,10,12H2,1H3,(H,19,24)(H,21,23)(H,18,20,22). The highest BCUT2D eigenvalue weighted by atomic mass is 16.5. The van der Waals surface area contributed by atoms with Crippen LogP contribution in [0.15, 0.2) is 42.6 Å². The number of benzene rings is 1. The molecule has 2 amide bonds. The van der Waals surface area contributed by atoms with Gasteiger partial charge in [0.1, 0.15) is 6.61 Å². The van der Waals surface area contributed by atoms with E-state index in [1.54, 1.807) is 6.07 Å². The average Bonchev–Trinajstić information content (AvgIpc) is 2.69. The first kappa shape index (κ1) is 19.0. The number of alkyl carbamates (subject to hydrolysis) is 1. The number of aromatic nitrogens is 2. The van der Waals surface area contributed by atoms with Crippen LogP contribution in [0, 0.1) is 0 Å². The number of carbonyl (C=O) groups is 2. The number of hydrogen-bond donors (Lipinski definition) is 3. The fourth-order valence-electron chi connectivity index (χ4n) is 1.92. The largest absolute Gasteiger partial charge is 0.481 e. The number of rotatable bonds is 9. The smallest absolute Gasteiger partial charge is 0.407 e. The predicted molar refractivity (Wildman–Crippen MR) is 94.2 cm³/mol. The van der Waals surface area contributed by atoms with E-state index in [-0.39, 0.29) is 24.9 Å². The van der Waals surface area contributed by atoms with Gasteiger partial charge in [-0.1, -0.05) is 30.3 Å². The molecule has 2 aromatic rings. The molecule has 3 N–H and O–H groups in total. The maximum absolute atomic E-state index is 11.7. The van der Waals surface area contributed by atoms with Gasteiger partial charge in [0.15, 0.2) is 0 Å². The SMILES string of the molecule is COc1ccnc(NNC(=O)CCCNC(=O)OCc2ccccc2)n1. The van der Waals surface area contributed by atoms with E-state index in [0.29, 0.717) is 18.8 Å². The second-order valence-corrected chi connectivity index (χ2v) is 5.19. The summed E-state index contributed by atoms with van der Waals surface area (Å²) in [5.74, 6) is 0.353. The lowest BCUT2D eigenvalue weighted by Gasteiger charge is -2.08. The van der Waals surface area contributed by atoms with Crippen molar-refractivity contribution in [1.29, 1.82) is 0 Å². The third-order valence-corrected chi connectivity index (χ3v) is 3.22. The van der Waals surface area contributed by atoms with E-state index in [0.717, 1.165) is 5.56 Å². The summed E-state index contributed by atoms with van der Waals surface area (Å²) in [6.45, 7) is 0.536. The number of ether oxygens (including phenoxy) is 2. The maximum atomic E-state index is 11.7. The minimum Gasteiger partial charge on any atom is -0.481 e. The van der Waals surface area contributed by atoms with E-state index < -0.39 is 6.09 Å². The van der Waals surface area contributed by atoms with Crippen molar-refractivity contribution in [2.24, 2.45) is 0 Å². The summed E-state index contributed by atoms with van der Waals surface area (Å²) in [6, 6.07) is 11.0. The summed E-state index contributed by atoms with van der Waals surface area (Å²) in [7, 11) is 1.49. The van der Waals surface area contributed by atoms with Gasteiger partial charge in [0.25, 0.3) is 0 Å². The first-order chi connectivity index (χ1) is 12.7. The van der Waals surface area contributed by atoms with Crippen LogP contribution in [0.25, 0.3) is 0 Å². The minimum atomic E-state index is -0.517. The fraction of sp³-hybridized carbons (Fsp3) is 0.294. The lowest BCUT2D eigenvalue weighted by Crippen LogP contribution is -2.31. The van der Waals surface area contributed by atoms with Crippen molar-refractivity contribution in [3.8, 4) is 5.88 Å². The van der Waals surface area contributed by atoms with Crippen LogP contribution in [0.4, 0.5) is 10.7 Å². The van der Waals surface area contributed by atoms with Crippen LogP contribution < -0.4 is 20.9 Å². The maximum Gasteiger partial charge on any atom is 0.407 e. The Labute approximate surface area is 151 Å². The number of anilines is 1. The Kier molecular flexibility index (Phi) is 7.66. The Hall–Kier alpha value is -3.36. The van der Waals surface area contributed by atoms with Crippen molar-refractivity contribution >= 4 is 17.9 Å². The molecule has 0 radical (unpaired) electrons. The van der Waals surface area contributed by atoms with Crippen molar-refractivity contribution in [3.05, 3.63) is 48.2 Å². The van der Waals surface area contributed by atoms with E-state index in [1.807, 2.05) is 30.3 Å². The Morgan fingerprint density at radius 2 is 1.96 bits per heavy atom. The normalized spacial score (nSPS) is 9.88. The van der Waals surface area contributed by atoms with Gasteiger partial charge >= 0.3 is 6.09 Å². The van der Waals surface area contributed by atoms with E-state index >= 15 is 0 Å². The van der Waals surface area contributed by atoms with Crippen molar-refractivity contribution < 1.29 is 19.1 Å². The van der Waals surface area contributed by atoms with Crippen LogP contribution in [0.1, 0.15) is 18.4 Å². The number of amides is 2. The van der Waals surface area contributed by atoms with Gasteiger partial charge in [-0.2, -0.15) is 4.98 Å². The fourth-order valence-corrected chi connectivity index (χ4v) is 1.92. The summed E-state index contributed by atoms with van der Waals surface area (Å²) in [4.78, 5) is 31.2. The molecule has 1 aromatic carbocycles. The molecule has 0 atom stereocenters. The van der Waals surface area contributed by atoms with E-state index in [2.05, 4.69) is 26.1 Å². The molecular weight excluding hydrogens is 338 g/mol. The minimum absolute atomic E-state index is 0.206. The van der Waals surface area contributed by atoms with Crippen LogP contribution in [-0.2, 0) is 16.1 Å². The number of nitrogens with one attached hydrogen (secondary N) is 3. The first-order valence-electron chi connectivity index (χ1n) is 8.04. The van der Waals surface area contributed by atoms with Gasteiger partial charge in [0.2, 0.25) is 17.7 Å². The summed E-state index contributed by atoms with van der Waals surface area (Å²) >= 11 is 0. The monoisotopic (exact) mass is 359 g/mol. The molecule has 9 nitrogen and oxygen atoms in total. The van der Waals surface area contributed by atoms with E-state index in [9.17, 15) is 9.59 Å². The quantitative estimate of drug-likeness (QED) is 0.460. The highest BCUT2D eigenvalue weighted by Crippen LogP contribution is 2.06. The highest BCUT2D eigenvalue weighted by molar-refractivity contribution is 5.77. The number of nitrogens with zero attached hydrogens (tertiary/aromatic N) is 2. The zero-order valence-corrected chi connectivity index (χ0v) is 14.4. The second kappa shape index (κ2) is 10.5. The Morgan fingerprint density at radius 1 is 1.15 bits per heavy atom. The van der Waals surface area contributed by atoms with Crippen LogP contribution in [0.5, 0.6) is 5.88 Å². The second-order valence-electron chi connectivity index (χ2n) is 5.19. The van der Waals surface area contributed by atoms with Crippen molar-refractivity contribution in [1.82, 2.24) is 20.7 Å². The van der Waals surface area contributed by atoms with Crippen LogP contribution in [0.2, 0.25) is 0 Å². The number of carbonyl (C=O) groups excluding carboxylic acids is 2. The third kappa shape index (κ3) is 7.04. The Morgan fingerprint density at radius 3 is 2.73 bits per heavy atom. The Balaban J connectivity index is 1.55. The van der Waals surface area contributed by atoms with Crippen molar-refractivity contribution in [2.75, 3.05) is 19.1 Å². The first-order valence-corrected chi connectivity index (χ1v) is 8.04. The van der Waals surface area contributed by atoms with Gasteiger partial charge < -0.3 is 14.8 Å². The third-order valence-electron chi connectivity index (χ3n) is 3.22. The van der Waals surface area contributed by atoms with Gasteiger partial charge in [-0.05, 0) is 12.0 Å². The molecule has 9 heteroatoms.